The molecule has 0 aliphatic carbocycles. The van der Waals surface area contributed by atoms with Gasteiger partial charge >= 0.3 is 11.9 Å². The van der Waals surface area contributed by atoms with Crippen molar-refractivity contribution in [3.63, 3.8) is 0 Å². The van der Waals surface area contributed by atoms with E-state index in [0.717, 1.165) is 8.95 Å². The summed E-state index contributed by atoms with van der Waals surface area (Å²) in [6.45, 7) is 0. The van der Waals surface area contributed by atoms with E-state index in [2.05, 4.69) is 36.6 Å². The number of esters is 1. The number of halogens is 2. The zero-order valence-electron chi connectivity index (χ0n) is 11.0. The van der Waals surface area contributed by atoms with Gasteiger partial charge in [-0.05, 0) is 48.5 Å². The van der Waals surface area contributed by atoms with Crippen molar-refractivity contribution < 1.29 is 19.4 Å². The second-order valence-corrected chi connectivity index (χ2v) is 5.64. The lowest BCUT2D eigenvalue weighted by atomic mass is 10.2. The molecule has 2 aromatic rings. The first-order valence-electron chi connectivity index (χ1n) is 5.76. The van der Waals surface area contributed by atoms with Gasteiger partial charge in [0.1, 0.15) is 0 Å². The van der Waals surface area contributed by atoms with Crippen molar-refractivity contribution in [3.05, 3.63) is 68.6 Å². The number of carboxylic acid groups (broad SMARTS) is 1. The number of carbonyl (C=O) groups is 2. The molecule has 0 aliphatic rings. The maximum Gasteiger partial charge on any atom is 0.337 e. The van der Waals surface area contributed by atoms with Gasteiger partial charge in [-0.25, -0.2) is 9.59 Å². The van der Waals surface area contributed by atoms with Crippen molar-refractivity contribution in [3.8, 4) is 0 Å². The topological polar surface area (TPSA) is 63.6 Å². The molecule has 6 heteroatoms. The van der Waals surface area contributed by atoms with Crippen molar-refractivity contribution >= 4 is 43.8 Å². The Hall–Kier alpha value is -1.66. The maximum absolute atomic E-state index is 10.9. The zero-order chi connectivity index (χ0) is 15.8. The van der Waals surface area contributed by atoms with Crippen LogP contribution in [0.3, 0.4) is 0 Å². The first kappa shape index (κ1) is 17.4. The Morgan fingerprint density at radius 3 is 1.57 bits per heavy atom. The van der Waals surface area contributed by atoms with Crippen LogP contribution in [0.1, 0.15) is 20.7 Å². The third-order valence-corrected chi connectivity index (χ3v) is 3.41. The molecule has 0 amide bonds. The van der Waals surface area contributed by atoms with Gasteiger partial charge in [-0.3, -0.25) is 0 Å². The van der Waals surface area contributed by atoms with Gasteiger partial charge in [-0.15, -0.1) is 0 Å². The van der Waals surface area contributed by atoms with Gasteiger partial charge in [0, 0.05) is 8.95 Å². The van der Waals surface area contributed by atoms with Crippen LogP contribution < -0.4 is 0 Å². The third kappa shape index (κ3) is 6.10. The number of carbonyl (C=O) groups excluding carboxylic acids is 1. The molecule has 0 radical (unpaired) electrons. The quantitative estimate of drug-likeness (QED) is 0.739. The van der Waals surface area contributed by atoms with E-state index in [4.69, 9.17) is 5.11 Å². The van der Waals surface area contributed by atoms with Gasteiger partial charge in [0.2, 0.25) is 0 Å². The lowest BCUT2D eigenvalue weighted by Gasteiger charge is -1.97. The summed E-state index contributed by atoms with van der Waals surface area (Å²) < 4.78 is 6.36. The standard InChI is InChI=1S/C8H7BrO2.C7H5BrO2/c1-11-8(10)6-2-4-7(9)5-3-6;8-6-3-1-5(2-4-6)7(9)10/h2-5H,1H3;1-4H,(H,9,10). The van der Waals surface area contributed by atoms with Crippen LogP contribution in [0, 0.1) is 0 Å². The first-order chi connectivity index (χ1) is 9.93. The minimum absolute atomic E-state index is 0.308. The van der Waals surface area contributed by atoms with Crippen molar-refractivity contribution in [1.29, 1.82) is 0 Å². The number of rotatable bonds is 2. The fourth-order valence-electron chi connectivity index (χ4n) is 1.30. The van der Waals surface area contributed by atoms with E-state index in [1.165, 1.54) is 7.11 Å². The molecule has 2 rings (SSSR count). The Bertz CT molecular complexity index is 607. The minimum Gasteiger partial charge on any atom is -0.478 e. The number of hydrogen-bond acceptors (Lipinski definition) is 3. The maximum atomic E-state index is 10.9. The molecule has 0 aliphatic heterocycles. The van der Waals surface area contributed by atoms with Crippen LogP contribution in [0.4, 0.5) is 0 Å². The summed E-state index contributed by atoms with van der Waals surface area (Å²) >= 11 is 6.47. The van der Waals surface area contributed by atoms with Crippen LogP contribution in [0.15, 0.2) is 57.5 Å². The fraction of sp³-hybridized carbons (Fsp3) is 0.0667. The highest BCUT2D eigenvalue weighted by Gasteiger charge is 2.02. The summed E-state index contributed by atoms with van der Waals surface area (Å²) in [7, 11) is 1.37. The minimum atomic E-state index is -0.896. The van der Waals surface area contributed by atoms with Crippen molar-refractivity contribution in [2.24, 2.45) is 0 Å². The van der Waals surface area contributed by atoms with E-state index in [1.54, 1.807) is 48.5 Å². The Labute approximate surface area is 139 Å². The molecule has 0 aromatic heterocycles. The predicted molar refractivity (Wildman–Crippen MR) is 86.6 cm³/mol. The summed E-state index contributed by atoms with van der Waals surface area (Å²) in [5, 5.41) is 8.46. The van der Waals surface area contributed by atoms with Crippen LogP contribution in [0.5, 0.6) is 0 Å². The lowest BCUT2D eigenvalue weighted by Crippen LogP contribution is -1.99. The number of ether oxygens (including phenoxy) is 1. The molecule has 4 nitrogen and oxygen atoms in total. The SMILES string of the molecule is COC(=O)c1ccc(Br)cc1.O=C(O)c1ccc(Br)cc1. The molecule has 0 saturated heterocycles. The van der Waals surface area contributed by atoms with E-state index in [-0.39, 0.29) is 5.97 Å². The van der Waals surface area contributed by atoms with Gasteiger partial charge in [0.25, 0.3) is 0 Å². The number of hydrogen-bond donors (Lipinski definition) is 1. The predicted octanol–water partition coefficient (Wildman–Crippen LogP) is 4.38. The Balaban J connectivity index is 0.000000211. The monoisotopic (exact) mass is 414 g/mol. The van der Waals surface area contributed by atoms with Gasteiger partial charge in [0.05, 0.1) is 18.2 Å². The summed E-state index contributed by atoms with van der Waals surface area (Å²) in [5.41, 5.74) is 0.874. The molecule has 0 unspecified atom stereocenters. The van der Waals surface area contributed by atoms with Crippen LogP contribution in [0.2, 0.25) is 0 Å². The van der Waals surface area contributed by atoms with Gasteiger partial charge in [-0.1, -0.05) is 31.9 Å². The summed E-state index contributed by atoms with van der Waals surface area (Å²) in [4.78, 5) is 21.2. The van der Waals surface area contributed by atoms with Crippen molar-refractivity contribution in [1.82, 2.24) is 0 Å². The second-order valence-electron chi connectivity index (χ2n) is 3.81. The molecule has 2 aromatic carbocycles. The number of methoxy groups -OCH3 is 1. The van der Waals surface area contributed by atoms with Crippen LogP contribution in [0.25, 0.3) is 0 Å². The molecular formula is C15H12Br2O4. The van der Waals surface area contributed by atoms with E-state index in [0.29, 0.717) is 11.1 Å². The van der Waals surface area contributed by atoms with Crippen LogP contribution in [-0.2, 0) is 4.74 Å². The number of carboxylic acids is 1. The molecule has 21 heavy (non-hydrogen) atoms. The molecule has 1 N–H and O–H groups in total. The number of benzene rings is 2. The Morgan fingerprint density at radius 1 is 0.857 bits per heavy atom. The largest absolute Gasteiger partial charge is 0.478 e. The molecule has 0 bridgehead atoms. The highest BCUT2D eigenvalue weighted by atomic mass is 79.9. The van der Waals surface area contributed by atoms with Crippen LogP contribution >= 0.6 is 31.9 Å². The normalized spacial score (nSPS) is 9.29. The van der Waals surface area contributed by atoms with Gasteiger partial charge in [0.15, 0.2) is 0 Å². The van der Waals surface area contributed by atoms with Gasteiger partial charge < -0.3 is 9.84 Å². The molecular weight excluding hydrogens is 404 g/mol. The molecule has 0 saturated carbocycles. The lowest BCUT2D eigenvalue weighted by molar-refractivity contribution is 0.0599. The Kier molecular flexibility index (Phi) is 7.11. The van der Waals surface area contributed by atoms with Crippen molar-refractivity contribution in [2.45, 2.75) is 0 Å². The first-order valence-corrected chi connectivity index (χ1v) is 7.35. The smallest absolute Gasteiger partial charge is 0.337 e. The average Bonchev–Trinajstić information content (AvgIpc) is 2.48. The van der Waals surface area contributed by atoms with E-state index >= 15 is 0 Å². The van der Waals surface area contributed by atoms with E-state index in [1.807, 2.05) is 0 Å². The van der Waals surface area contributed by atoms with E-state index in [9.17, 15) is 9.59 Å². The molecule has 0 heterocycles. The summed E-state index contributed by atoms with van der Waals surface area (Å²) in [5.74, 6) is -1.20. The number of aromatic carboxylic acids is 1. The molecule has 110 valence electrons. The second kappa shape index (κ2) is 8.59. The molecule has 0 atom stereocenters. The summed E-state index contributed by atoms with van der Waals surface area (Å²) in [6.07, 6.45) is 0. The summed E-state index contributed by atoms with van der Waals surface area (Å²) in [6, 6.07) is 13.5. The van der Waals surface area contributed by atoms with Crippen LogP contribution in [-0.4, -0.2) is 24.2 Å². The molecule has 0 fully saturated rings. The van der Waals surface area contributed by atoms with Crippen molar-refractivity contribution in [2.75, 3.05) is 7.11 Å². The fourth-order valence-corrected chi connectivity index (χ4v) is 1.82. The molecule has 0 spiro atoms. The van der Waals surface area contributed by atoms with E-state index < -0.39 is 5.97 Å². The third-order valence-electron chi connectivity index (χ3n) is 2.36. The average molecular weight is 416 g/mol. The Morgan fingerprint density at radius 2 is 1.24 bits per heavy atom. The highest BCUT2D eigenvalue weighted by molar-refractivity contribution is 9.10. The highest BCUT2D eigenvalue weighted by Crippen LogP contribution is 2.11. The zero-order valence-corrected chi connectivity index (χ0v) is 14.2. The van der Waals surface area contributed by atoms with Gasteiger partial charge in [-0.2, -0.15) is 0 Å².